The maximum atomic E-state index is 14.0. The van der Waals surface area contributed by atoms with Crippen molar-refractivity contribution in [3.63, 3.8) is 0 Å². The number of carbonyl (C=O) groups is 1. The summed E-state index contributed by atoms with van der Waals surface area (Å²) in [5, 5.41) is 1.15. The highest BCUT2D eigenvalue weighted by molar-refractivity contribution is 5.99. The summed E-state index contributed by atoms with van der Waals surface area (Å²) < 4.78 is 16.0. The monoisotopic (exact) mass is 707 g/mol. The standard InChI is InChI=1S/C47H66N2O3/c1-7-12-14-16-18-20-22-28-37(27-21-19-17-15-13-8-2)49-36(6)45(40-30-24-26-32-43(40)49)47(41-31-25-23-29-39(41)46(50)52-47)42-34-33-38(48(9-3)10-4)35-44(42)51-11-5/h23-26,29-35,37H,7-22,27-28H2,1-6H3. The second-order valence-corrected chi connectivity index (χ2v) is 14.9. The smallest absolute Gasteiger partial charge is 0.340 e. The number of aromatic nitrogens is 1. The number of esters is 1. The highest BCUT2D eigenvalue weighted by atomic mass is 16.6. The minimum absolute atomic E-state index is 0.284. The van der Waals surface area contributed by atoms with E-state index in [-0.39, 0.29) is 5.97 Å². The van der Waals surface area contributed by atoms with Gasteiger partial charge in [0.05, 0.1) is 12.2 Å². The van der Waals surface area contributed by atoms with Gasteiger partial charge < -0.3 is 18.9 Å². The van der Waals surface area contributed by atoms with Gasteiger partial charge >= 0.3 is 5.97 Å². The fourth-order valence-corrected chi connectivity index (χ4v) is 8.81. The Morgan fingerprint density at radius 2 is 1.31 bits per heavy atom. The Balaban J connectivity index is 1.66. The fourth-order valence-electron chi connectivity index (χ4n) is 8.81. The summed E-state index contributed by atoms with van der Waals surface area (Å²) in [5.41, 5.74) is 5.82. The van der Waals surface area contributed by atoms with Crippen LogP contribution in [0.1, 0.15) is 170 Å². The van der Waals surface area contributed by atoms with Crippen molar-refractivity contribution in [1.29, 1.82) is 0 Å². The molecule has 0 radical (unpaired) electrons. The number of anilines is 1. The second-order valence-electron chi connectivity index (χ2n) is 14.9. The van der Waals surface area contributed by atoms with Gasteiger partial charge in [0.25, 0.3) is 0 Å². The van der Waals surface area contributed by atoms with Crippen molar-refractivity contribution in [2.45, 2.75) is 149 Å². The summed E-state index contributed by atoms with van der Waals surface area (Å²) in [6, 6.07) is 23.7. The number of carbonyl (C=O) groups excluding carboxylic acids is 1. The van der Waals surface area contributed by atoms with E-state index < -0.39 is 5.60 Å². The third kappa shape index (κ3) is 8.40. The lowest BCUT2D eigenvalue weighted by atomic mass is 9.78. The average molecular weight is 707 g/mol. The highest BCUT2D eigenvalue weighted by Gasteiger charge is 2.52. The molecule has 0 saturated carbocycles. The van der Waals surface area contributed by atoms with Crippen molar-refractivity contribution in [3.8, 4) is 5.75 Å². The molecule has 1 aromatic heterocycles. The predicted molar refractivity (Wildman–Crippen MR) is 219 cm³/mol. The lowest BCUT2D eigenvalue weighted by Gasteiger charge is -2.33. The first-order valence-corrected chi connectivity index (χ1v) is 20.9. The van der Waals surface area contributed by atoms with Gasteiger partial charge in [0.2, 0.25) is 0 Å². The topological polar surface area (TPSA) is 43.7 Å². The first kappa shape index (κ1) is 39.5. The van der Waals surface area contributed by atoms with E-state index >= 15 is 0 Å². The highest BCUT2D eigenvalue weighted by Crippen LogP contribution is 2.54. The molecule has 2 heterocycles. The molecule has 2 atom stereocenters. The van der Waals surface area contributed by atoms with E-state index in [9.17, 15) is 4.79 Å². The molecular weight excluding hydrogens is 641 g/mol. The van der Waals surface area contributed by atoms with Crippen LogP contribution in [0.5, 0.6) is 5.75 Å². The normalized spacial score (nSPS) is 15.9. The molecule has 0 bridgehead atoms. The van der Waals surface area contributed by atoms with Gasteiger partial charge in [0.1, 0.15) is 5.75 Å². The molecule has 5 rings (SSSR count). The van der Waals surface area contributed by atoms with Crippen molar-refractivity contribution in [2.24, 2.45) is 0 Å². The molecule has 282 valence electrons. The molecule has 3 aromatic carbocycles. The average Bonchev–Trinajstić information content (AvgIpc) is 3.63. The first-order chi connectivity index (χ1) is 25.5. The van der Waals surface area contributed by atoms with E-state index in [1.807, 2.05) is 25.1 Å². The number of rotatable bonds is 23. The Labute approximate surface area is 315 Å². The van der Waals surface area contributed by atoms with Gasteiger partial charge in [-0.15, -0.1) is 0 Å². The number of unbranched alkanes of at least 4 members (excludes halogenated alkanes) is 11. The minimum Gasteiger partial charge on any atom is -0.493 e. The molecule has 0 aliphatic carbocycles. The SMILES string of the molecule is CCCCCCCCCC(CCCCCCCC)n1c(C)c(C2(c3ccc(N(CC)CC)cc3OCC)OC(=O)c3ccccc32)c2ccccc21. The molecule has 0 fully saturated rings. The fraction of sp³-hybridized carbons (Fsp3) is 0.553. The van der Waals surface area contributed by atoms with Crippen molar-refractivity contribution < 1.29 is 14.3 Å². The molecule has 1 aliphatic rings. The number of benzene rings is 3. The van der Waals surface area contributed by atoms with E-state index in [2.05, 4.69) is 92.6 Å². The zero-order chi connectivity index (χ0) is 36.9. The Kier molecular flexibility index (Phi) is 14.7. The number of hydrogen-bond acceptors (Lipinski definition) is 4. The molecule has 4 aromatic rings. The zero-order valence-corrected chi connectivity index (χ0v) is 33.3. The quantitative estimate of drug-likeness (QED) is 0.0569. The van der Waals surface area contributed by atoms with E-state index in [0.29, 0.717) is 18.2 Å². The van der Waals surface area contributed by atoms with Gasteiger partial charge in [0.15, 0.2) is 5.60 Å². The molecular formula is C47H66N2O3. The number of ether oxygens (including phenoxy) is 2. The summed E-state index contributed by atoms with van der Waals surface area (Å²) in [7, 11) is 0. The van der Waals surface area contributed by atoms with Gasteiger partial charge in [-0.05, 0) is 64.8 Å². The van der Waals surface area contributed by atoms with Crippen LogP contribution in [-0.4, -0.2) is 30.2 Å². The molecule has 2 unspecified atom stereocenters. The molecule has 0 amide bonds. The maximum absolute atomic E-state index is 14.0. The largest absolute Gasteiger partial charge is 0.493 e. The lowest BCUT2D eigenvalue weighted by molar-refractivity contribution is 0.0246. The molecule has 0 N–H and O–H groups in total. The van der Waals surface area contributed by atoms with Crippen LogP contribution >= 0.6 is 0 Å². The number of para-hydroxylation sites is 1. The third-order valence-corrected chi connectivity index (χ3v) is 11.5. The molecule has 0 saturated heterocycles. The third-order valence-electron chi connectivity index (χ3n) is 11.5. The Morgan fingerprint density at radius 1 is 0.712 bits per heavy atom. The van der Waals surface area contributed by atoms with Crippen LogP contribution in [0.25, 0.3) is 10.9 Å². The molecule has 5 nitrogen and oxygen atoms in total. The summed E-state index contributed by atoms with van der Waals surface area (Å²) in [5.74, 6) is 0.480. The number of cyclic esters (lactones) is 1. The Morgan fingerprint density at radius 3 is 1.94 bits per heavy atom. The maximum Gasteiger partial charge on any atom is 0.340 e. The van der Waals surface area contributed by atoms with Gasteiger partial charge in [-0.25, -0.2) is 4.79 Å². The predicted octanol–water partition coefficient (Wildman–Crippen LogP) is 13.1. The molecule has 5 heteroatoms. The number of nitrogens with zero attached hydrogens (tertiary/aromatic N) is 2. The van der Waals surface area contributed by atoms with Gasteiger partial charge in [0, 0.05) is 64.2 Å². The number of hydrogen-bond donors (Lipinski definition) is 0. The van der Waals surface area contributed by atoms with Crippen LogP contribution in [0.4, 0.5) is 5.69 Å². The van der Waals surface area contributed by atoms with E-state index in [4.69, 9.17) is 9.47 Å². The van der Waals surface area contributed by atoms with Crippen LogP contribution in [0.2, 0.25) is 0 Å². The van der Waals surface area contributed by atoms with Crippen LogP contribution < -0.4 is 9.64 Å². The lowest BCUT2D eigenvalue weighted by Crippen LogP contribution is -2.31. The summed E-state index contributed by atoms with van der Waals surface area (Å²) in [4.78, 5) is 16.3. The molecule has 0 spiro atoms. The Bertz CT molecular complexity index is 1720. The van der Waals surface area contributed by atoms with Crippen molar-refractivity contribution in [1.82, 2.24) is 4.57 Å². The molecule has 1 aliphatic heterocycles. The van der Waals surface area contributed by atoms with E-state index in [1.165, 1.54) is 94.7 Å². The van der Waals surface area contributed by atoms with Crippen molar-refractivity contribution in [3.05, 3.63) is 94.7 Å². The summed E-state index contributed by atoms with van der Waals surface area (Å²) in [6.07, 6.45) is 19.2. The van der Waals surface area contributed by atoms with Gasteiger partial charge in [-0.3, -0.25) is 0 Å². The van der Waals surface area contributed by atoms with Crippen molar-refractivity contribution in [2.75, 3.05) is 24.6 Å². The van der Waals surface area contributed by atoms with Crippen LogP contribution in [0.15, 0.2) is 66.7 Å². The second kappa shape index (κ2) is 19.4. The zero-order valence-electron chi connectivity index (χ0n) is 33.3. The number of fused-ring (bicyclic) bond motifs is 2. The minimum atomic E-state index is -1.15. The summed E-state index contributed by atoms with van der Waals surface area (Å²) in [6.45, 7) is 15.6. The Hall–Kier alpha value is -3.73. The van der Waals surface area contributed by atoms with Gasteiger partial charge in [-0.1, -0.05) is 134 Å². The first-order valence-electron chi connectivity index (χ1n) is 20.9. The van der Waals surface area contributed by atoms with Crippen LogP contribution in [0.3, 0.4) is 0 Å². The van der Waals surface area contributed by atoms with Gasteiger partial charge in [-0.2, -0.15) is 0 Å². The van der Waals surface area contributed by atoms with Crippen LogP contribution in [0, 0.1) is 6.92 Å². The van der Waals surface area contributed by atoms with Crippen molar-refractivity contribution >= 4 is 22.6 Å². The molecule has 52 heavy (non-hydrogen) atoms. The summed E-state index contributed by atoms with van der Waals surface area (Å²) >= 11 is 0. The van der Waals surface area contributed by atoms with E-state index in [1.54, 1.807) is 0 Å². The van der Waals surface area contributed by atoms with Crippen LogP contribution in [-0.2, 0) is 10.3 Å². The van der Waals surface area contributed by atoms with E-state index in [0.717, 1.165) is 59.4 Å².